The monoisotopic (exact) mass is 445 g/mol. The standard InChI is InChI=1S/C20H23N5O3S2/c1-11-9-12(2)25-19(21-11)23-24-20(25)29-10-15(26)22-17-16(18(27)28-3)13-7-5-4-6-8-14(13)30-17/h9H,4-8,10H2,1-3H3,(H,22,26). The number of rotatable bonds is 5. The van der Waals surface area contributed by atoms with Crippen LogP contribution in [-0.2, 0) is 22.4 Å². The molecule has 3 aromatic heterocycles. The average molecular weight is 446 g/mol. The molecule has 1 aliphatic carbocycles. The van der Waals surface area contributed by atoms with Crippen molar-refractivity contribution >= 4 is 45.8 Å². The molecule has 158 valence electrons. The summed E-state index contributed by atoms with van der Waals surface area (Å²) in [6.45, 7) is 3.86. The van der Waals surface area contributed by atoms with E-state index in [1.165, 1.54) is 35.1 Å². The van der Waals surface area contributed by atoms with Gasteiger partial charge < -0.3 is 10.1 Å². The summed E-state index contributed by atoms with van der Waals surface area (Å²) in [4.78, 5) is 30.6. The maximum Gasteiger partial charge on any atom is 0.341 e. The second-order valence-corrected chi connectivity index (χ2v) is 9.30. The summed E-state index contributed by atoms with van der Waals surface area (Å²) >= 11 is 2.78. The van der Waals surface area contributed by atoms with Gasteiger partial charge in [0, 0.05) is 16.3 Å². The van der Waals surface area contributed by atoms with Crippen molar-refractivity contribution in [2.24, 2.45) is 0 Å². The molecule has 3 aromatic rings. The fourth-order valence-corrected chi connectivity index (χ4v) is 5.81. The predicted octanol–water partition coefficient (Wildman–Crippen LogP) is 3.59. The Labute approximate surface area is 182 Å². The van der Waals surface area contributed by atoms with Gasteiger partial charge in [0.15, 0.2) is 5.16 Å². The number of amides is 1. The Morgan fingerprint density at radius 2 is 2.03 bits per heavy atom. The second-order valence-electron chi connectivity index (χ2n) is 7.25. The van der Waals surface area contributed by atoms with Crippen molar-refractivity contribution in [3.8, 4) is 0 Å². The highest BCUT2D eigenvalue weighted by Gasteiger charge is 2.26. The molecular weight excluding hydrogens is 422 g/mol. The number of ether oxygens (including phenoxy) is 1. The van der Waals surface area contributed by atoms with Crippen molar-refractivity contribution in [3.63, 3.8) is 0 Å². The summed E-state index contributed by atoms with van der Waals surface area (Å²) in [5, 5.41) is 12.4. The molecule has 0 spiro atoms. The molecule has 0 saturated heterocycles. The average Bonchev–Trinajstić information content (AvgIpc) is 3.19. The number of aryl methyl sites for hydroxylation is 3. The molecule has 1 aliphatic rings. The summed E-state index contributed by atoms with van der Waals surface area (Å²) in [5.41, 5.74) is 3.38. The molecule has 3 heterocycles. The lowest BCUT2D eigenvalue weighted by Crippen LogP contribution is -2.16. The van der Waals surface area contributed by atoms with Crippen LogP contribution < -0.4 is 5.32 Å². The molecule has 1 N–H and O–H groups in total. The van der Waals surface area contributed by atoms with Crippen molar-refractivity contribution in [1.29, 1.82) is 0 Å². The van der Waals surface area contributed by atoms with Gasteiger partial charge in [0.1, 0.15) is 5.00 Å². The molecule has 0 aromatic carbocycles. The van der Waals surface area contributed by atoms with Gasteiger partial charge in [0.05, 0.1) is 18.4 Å². The predicted molar refractivity (Wildman–Crippen MR) is 117 cm³/mol. The highest BCUT2D eigenvalue weighted by atomic mass is 32.2. The number of anilines is 1. The van der Waals surface area contributed by atoms with E-state index in [0.29, 0.717) is 21.5 Å². The van der Waals surface area contributed by atoms with E-state index in [1.54, 1.807) is 0 Å². The molecule has 8 nitrogen and oxygen atoms in total. The van der Waals surface area contributed by atoms with E-state index in [0.717, 1.165) is 49.1 Å². The zero-order chi connectivity index (χ0) is 21.3. The lowest BCUT2D eigenvalue weighted by Gasteiger charge is -2.07. The minimum Gasteiger partial charge on any atom is -0.465 e. The SMILES string of the molecule is COC(=O)c1c(NC(=O)CSc2nnc3nc(C)cc(C)n23)sc2c1CCCCC2. The Bertz CT molecular complexity index is 1120. The van der Waals surface area contributed by atoms with Crippen LogP contribution in [0.4, 0.5) is 5.00 Å². The first-order valence-electron chi connectivity index (χ1n) is 9.82. The number of methoxy groups -OCH3 is 1. The number of fused-ring (bicyclic) bond motifs is 2. The Morgan fingerprint density at radius 3 is 2.83 bits per heavy atom. The zero-order valence-corrected chi connectivity index (χ0v) is 18.8. The van der Waals surface area contributed by atoms with Crippen LogP contribution in [0, 0.1) is 13.8 Å². The van der Waals surface area contributed by atoms with Gasteiger partial charge >= 0.3 is 5.97 Å². The van der Waals surface area contributed by atoms with Gasteiger partial charge in [-0.15, -0.1) is 21.5 Å². The van der Waals surface area contributed by atoms with Crippen LogP contribution in [0.2, 0.25) is 0 Å². The lowest BCUT2D eigenvalue weighted by atomic mass is 10.1. The van der Waals surface area contributed by atoms with Crippen LogP contribution in [0.25, 0.3) is 5.78 Å². The number of hydrogen-bond acceptors (Lipinski definition) is 8. The lowest BCUT2D eigenvalue weighted by molar-refractivity contribution is -0.113. The number of nitrogens with zero attached hydrogens (tertiary/aromatic N) is 4. The molecule has 0 fully saturated rings. The molecule has 1 amide bonds. The number of thioether (sulfide) groups is 1. The quantitative estimate of drug-likeness (QED) is 0.364. The topological polar surface area (TPSA) is 98.5 Å². The number of esters is 1. The van der Waals surface area contributed by atoms with Gasteiger partial charge in [0.2, 0.25) is 5.91 Å². The van der Waals surface area contributed by atoms with Crippen LogP contribution >= 0.6 is 23.1 Å². The van der Waals surface area contributed by atoms with Gasteiger partial charge in [-0.1, -0.05) is 18.2 Å². The Morgan fingerprint density at radius 1 is 1.23 bits per heavy atom. The number of aromatic nitrogens is 4. The molecule has 0 unspecified atom stereocenters. The summed E-state index contributed by atoms with van der Waals surface area (Å²) in [6.07, 6.45) is 5.08. The fourth-order valence-electron chi connectivity index (χ4n) is 3.74. The van der Waals surface area contributed by atoms with E-state index in [4.69, 9.17) is 4.74 Å². The van der Waals surface area contributed by atoms with Gasteiger partial charge in [-0.25, -0.2) is 9.78 Å². The van der Waals surface area contributed by atoms with Gasteiger partial charge in [0.25, 0.3) is 5.78 Å². The van der Waals surface area contributed by atoms with Gasteiger partial charge in [-0.3, -0.25) is 9.20 Å². The minimum atomic E-state index is -0.391. The molecule has 10 heteroatoms. The maximum absolute atomic E-state index is 12.7. The third kappa shape index (κ3) is 4.06. The molecular formula is C20H23N5O3S2. The number of nitrogens with one attached hydrogen (secondary N) is 1. The van der Waals surface area contributed by atoms with Crippen molar-refractivity contribution < 1.29 is 14.3 Å². The molecule has 30 heavy (non-hydrogen) atoms. The van der Waals surface area contributed by atoms with Crippen LogP contribution in [-0.4, -0.2) is 44.3 Å². The number of carbonyl (C=O) groups is 2. The summed E-state index contributed by atoms with van der Waals surface area (Å²) in [5.74, 6) is 0.0800. The highest BCUT2D eigenvalue weighted by molar-refractivity contribution is 7.99. The minimum absolute atomic E-state index is 0.150. The van der Waals surface area contributed by atoms with E-state index >= 15 is 0 Å². The molecule has 0 saturated carbocycles. The zero-order valence-electron chi connectivity index (χ0n) is 17.2. The maximum atomic E-state index is 12.7. The second kappa shape index (κ2) is 8.73. The third-order valence-corrected chi connectivity index (χ3v) is 7.20. The van der Waals surface area contributed by atoms with Gasteiger partial charge in [-0.2, -0.15) is 0 Å². The Kier molecular flexibility index (Phi) is 6.05. The molecule has 0 atom stereocenters. The molecule has 0 bridgehead atoms. The number of carbonyl (C=O) groups excluding carboxylic acids is 2. The van der Waals surface area contributed by atoms with Crippen molar-refractivity contribution in [2.45, 2.75) is 51.1 Å². The first-order chi connectivity index (χ1) is 14.5. The summed E-state index contributed by atoms with van der Waals surface area (Å²) < 4.78 is 6.83. The van der Waals surface area contributed by atoms with Crippen molar-refractivity contribution in [1.82, 2.24) is 19.6 Å². The Hall–Kier alpha value is -2.46. The van der Waals surface area contributed by atoms with E-state index < -0.39 is 5.97 Å². The van der Waals surface area contributed by atoms with Crippen LogP contribution in [0.5, 0.6) is 0 Å². The van der Waals surface area contributed by atoms with Crippen LogP contribution in [0.1, 0.15) is 51.4 Å². The van der Waals surface area contributed by atoms with E-state index in [-0.39, 0.29) is 11.7 Å². The fraction of sp³-hybridized carbons (Fsp3) is 0.450. The Balaban J connectivity index is 1.52. The largest absolute Gasteiger partial charge is 0.465 e. The molecule has 0 aliphatic heterocycles. The smallest absolute Gasteiger partial charge is 0.341 e. The normalized spacial score (nSPS) is 13.7. The third-order valence-electron chi connectivity index (χ3n) is 5.06. The van der Waals surface area contributed by atoms with Crippen LogP contribution in [0.15, 0.2) is 11.2 Å². The van der Waals surface area contributed by atoms with Gasteiger partial charge in [-0.05, 0) is 51.2 Å². The summed E-state index contributed by atoms with van der Waals surface area (Å²) in [6, 6.07) is 1.95. The first kappa shape index (κ1) is 20.8. The summed E-state index contributed by atoms with van der Waals surface area (Å²) in [7, 11) is 1.37. The number of hydrogen-bond donors (Lipinski definition) is 1. The van der Waals surface area contributed by atoms with E-state index in [1.807, 2.05) is 24.3 Å². The van der Waals surface area contributed by atoms with E-state index in [2.05, 4.69) is 20.5 Å². The van der Waals surface area contributed by atoms with E-state index in [9.17, 15) is 9.59 Å². The molecule has 0 radical (unpaired) electrons. The molecule has 4 rings (SSSR count). The van der Waals surface area contributed by atoms with Crippen molar-refractivity contribution in [2.75, 3.05) is 18.2 Å². The van der Waals surface area contributed by atoms with Crippen LogP contribution in [0.3, 0.4) is 0 Å². The number of thiophene rings is 1. The highest BCUT2D eigenvalue weighted by Crippen LogP contribution is 2.38. The van der Waals surface area contributed by atoms with Crippen molar-refractivity contribution in [3.05, 3.63) is 33.5 Å². The first-order valence-corrected chi connectivity index (χ1v) is 11.6.